The number of hydrogen-bond acceptors (Lipinski definition) is 6. The molecule has 96 valence electrons. The molecule has 0 aromatic carbocycles. The van der Waals surface area contributed by atoms with Gasteiger partial charge in [-0.1, -0.05) is 0 Å². The van der Waals surface area contributed by atoms with Crippen LogP contribution in [0.1, 0.15) is 15.9 Å². The molecule has 9 heteroatoms. The number of nitriles is 1. The number of carbonyl (C=O) groups is 1. The van der Waals surface area contributed by atoms with Gasteiger partial charge in [0, 0.05) is 0 Å². The number of ether oxygens (including phenoxy) is 2. The molecule has 1 aromatic heterocycles. The molecular weight excluding hydrogens is 255 g/mol. The van der Waals surface area contributed by atoms with Gasteiger partial charge >= 0.3 is 12.3 Å². The zero-order valence-corrected chi connectivity index (χ0v) is 8.91. The van der Waals surface area contributed by atoms with Crippen LogP contribution in [0.25, 0.3) is 0 Å². The summed E-state index contributed by atoms with van der Waals surface area (Å²) in [5.41, 5.74) is 4.02. The number of nitrogens with zero attached hydrogens (tertiary/aromatic N) is 2. The summed E-state index contributed by atoms with van der Waals surface area (Å²) in [5.74, 6) is -2.52. The monoisotopic (exact) mass is 261 g/mol. The quantitative estimate of drug-likeness (QED) is 0.803. The van der Waals surface area contributed by atoms with Crippen molar-refractivity contribution in [2.45, 2.75) is 6.36 Å². The molecule has 0 bridgehead atoms. The van der Waals surface area contributed by atoms with Crippen molar-refractivity contribution in [2.75, 3.05) is 12.8 Å². The van der Waals surface area contributed by atoms with E-state index >= 15 is 0 Å². The standard InChI is InChI=1S/C9H6F3N3O3/c1-17-8(16)6-4(2-13)7(14)15-3-5(6)18-9(10,11)12/h3H,1H3,(H2,14,15). The van der Waals surface area contributed by atoms with Gasteiger partial charge in [-0.15, -0.1) is 13.2 Å². The van der Waals surface area contributed by atoms with Gasteiger partial charge in [0.2, 0.25) is 0 Å². The van der Waals surface area contributed by atoms with Gasteiger partial charge in [-0.2, -0.15) is 5.26 Å². The summed E-state index contributed by atoms with van der Waals surface area (Å²) >= 11 is 0. The largest absolute Gasteiger partial charge is 0.573 e. The van der Waals surface area contributed by atoms with E-state index in [9.17, 15) is 18.0 Å². The number of anilines is 1. The third kappa shape index (κ3) is 2.79. The number of halogens is 3. The number of aromatic nitrogens is 1. The second-order valence-corrected chi connectivity index (χ2v) is 2.91. The fourth-order valence-corrected chi connectivity index (χ4v) is 1.13. The van der Waals surface area contributed by atoms with E-state index < -0.39 is 35.0 Å². The van der Waals surface area contributed by atoms with Crippen LogP contribution in [0.15, 0.2) is 6.20 Å². The summed E-state index contributed by atoms with van der Waals surface area (Å²) in [4.78, 5) is 14.7. The molecule has 0 aliphatic carbocycles. The molecular formula is C9H6F3N3O3. The molecule has 0 aliphatic heterocycles. The normalized spacial score (nSPS) is 10.6. The summed E-state index contributed by atoms with van der Waals surface area (Å²) in [6.07, 6.45) is -4.44. The van der Waals surface area contributed by atoms with E-state index in [2.05, 4.69) is 14.5 Å². The van der Waals surface area contributed by atoms with Crippen molar-refractivity contribution >= 4 is 11.8 Å². The minimum Gasteiger partial charge on any atom is -0.465 e. The van der Waals surface area contributed by atoms with E-state index in [1.54, 1.807) is 0 Å². The van der Waals surface area contributed by atoms with Crippen molar-refractivity contribution in [3.05, 3.63) is 17.3 Å². The van der Waals surface area contributed by atoms with Gasteiger partial charge in [0.15, 0.2) is 5.75 Å². The topological polar surface area (TPSA) is 98.2 Å². The number of nitrogens with two attached hydrogens (primary N) is 1. The van der Waals surface area contributed by atoms with Crippen LogP contribution in [0.3, 0.4) is 0 Å². The van der Waals surface area contributed by atoms with Gasteiger partial charge in [-0.3, -0.25) is 0 Å². The third-order valence-electron chi connectivity index (χ3n) is 1.80. The Kier molecular flexibility index (Phi) is 3.61. The first-order chi connectivity index (χ1) is 8.30. The molecule has 2 N–H and O–H groups in total. The number of hydrogen-bond donors (Lipinski definition) is 1. The second-order valence-electron chi connectivity index (χ2n) is 2.91. The molecule has 0 spiro atoms. The molecule has 1 rings (SSSR count). The highest BCUT2D eigenvalue weighted by Gasteiger charge is 2.34. The number of pyridine rings is 1. The molecule has 0 unspecified atom stereocenters. The zero-order chi connectivity index (χ0) is 13.9. The Morgan fingerprint density at radius 2 is 2.17 bits per heavy atom. The van der Waals surface area contributed by atoms with Crippen LogP contribution < -0.4 is 10.5 Å². The molecule has 18 heavy (non-hydrogen) atoms. The molecule has 0 saturated heterocycles. The van der Waals surface area contributed by atoms with Crippen molar-refractivity contribution in [3.8, 4) is 11.8 Å². The van der Waals surface area contributed by atoms with Crippen LogP contribution in [-0.2, 0) is 4.74 Å². The minimum atomic E-state index is -5.03. The maximum absolute atomic E-state index is 12.1. The smallest absolute Gasteiger partial charge is 0.465 e. The van der Waals surface area contributed by atoms with Crippen LogP contribution in [-0.4, -0.2) is 24.4 Å². The van der Waals surface area contributed by atoms with E-state index in [0.717, 1.165) is 7.11 Å². The van der Waals surface area contributed by atoms with Gasteiger partial charge in [-0.05, 0) is 0 Å². The average Bonchev–Trinajstić information content (AvgIpc) is 2.28. The SMILES string of the molecule is COC(=O)c1c(OC(F)(F)F)cnc(N)c1C#N. The molecule has 0 atom stereocenters. The van der Waals surface area contributed by atoms with Crippen LogP contribution in [0.2, 0.25) is 0 Å². The average molecular weight is 261 g/mol. The highest BCUT2D eigenvalue weighted by molar-refractivity contribution is 5.96. The number of alkyl halides is 3. The molecule has 1 heterocycles. The van der Waals surface area contributed by atoms with E-state index in [-0.39, 0.29) is 0 Å². The van der Waals surface area contributed by atoms with Crippen LogP contribution in [0.4, 0.5) is 19.0 Å². The Morgan fingerprint density at radius 3 is 2.61 bits per heavy atom. The van der Waals surface area contributed by atoms with Crippen molar-refractivity contribution in [2.24, 2.45) is 0 Å². The summed E-state index contributed by atoms with van der Waals surface area (Å²) in [7, 11) is 0.942. The lowest BCUT2D eigenvalue weighted by molar-refractivity contribution is -0.274. The number of methoxy groups -OCH3 is 1. The number of esters is 1. The highest BCUT2D eigenvalue weighted by Crippen LogP contribution is 2.30. The molecule has 0 amide bonds. The lowest BCUT2D eigenvalue weighted by Crippen LogP contribution is -2.20. The first-order valence-electron chi connectivity index (χ1n) is 4.32. The Balaban J connectivity index is 3.44. The van der Waals surface area contributed by atoms with E-state index in [4.69, 9.17) is 11.0 Å². The van der Waals surface area contributed by atoms with Gasteiger partial charge in [0.25, 0.3) is 0 Å². The minimum absolute atomic E-state index is 0.396. The van der Waals surface area contributed by atoms with Gasteiger partial charge in [0.05, 0.1) is 13.3 Å². The number of nitrogen functional groups attached to an aromatic ring is 1. The molecule has 6 nitrogen and oxygen atoms in total. The van der Waals surface area contributed by atoms with Crippen molar-refractivity contribution in [1.82, 2.24) is 4.98 Å². The second kappa shape index (κ2) is 4.79. The van der Waals surface area contributed by atoms with Gasteiger partial charge in [0.1, 0.15) is 23.0 Å². The van der Waals surface area contributed by atoms with Crippen LogP contribution >= 0.6 is 0 Å². The third-order valence-corrected chi connectivity index (χ3v) is 1.80. The van der Waals surface area contributed by atoms with Crippen molar-refractivity contribution < 1.29 is 27.4 Å². The Bertz CT molecular complexity index is 522. The summed E-state index contributed by atoms with van der Waals surface area (Å²) < 4.78 is 44.2. The molecule has 0 fully saturated rings. The maximum Gasteiger partial charge on any atom is 0.573 e. The van der Waals surface area contributed by atoms with E-state index in [1.807, 2.05) is 0 Å². The lowest BCUT2D eigenvalue weighted by atomic mass is 10.1. The summed E-state index contributed by atoms with van der Waals surface area (Å²) in [6, 6.07) is 1.47. The molecule has 0 saturated carbocycles. The van der Waals surface area contributed by atoms with Crippen LogP contribution in [0.5, 0.6) is 5.75 Å². The fourth-order valence-electron chi connectivity index (χ4n) is 1.13. The molecule has 1 aromatic rings. The number of rotatable bonds is 2. The first kappa shape index (κ1) is 13.6. The van der Waals surface area contributed by atoms with Crippen LogP contribution in [0, 0.1) is 11.3 Å². The van der Waals surface area contributed by atoms with Crippen molar-refractivity contribution in [3.63, 3.8) is 0 Å². The summed E-state index contributed by atoms with van der Waals surface area (Å²) in [5, 5.41) is 8.75. The van der Waals surface area contributed by atoms with E-state index in [1.165, 1.54) is 6.07 Å². The highest BCUT2D eigenvalue weighted by atomic mass is 19.4. The summed E-state index contributed by atoms with van der Waals surface area (Å²) in [6.45, 7) is 0. The van der Waals surface area contributed by atoms with Gasteiger partial charge in [-0.25, -0.2) is 9.78 Å². The van der Waals surface area contributed by atoms with Gasteiger partial charge < -0.3 is 15.2 Å². The zero-order valence-electron chi connectivity index (χ0n) is 8.91. The first-order valence-corrected chi connectivity index (χ1v) is 4.32. The lowest BCUT2D eigenvalue weighted by Gasteiger charge is -2.13. The predicted octanol–water partition coefficient (Wildman–Crippen LogP) is 1.22. The molecule has 0 aliphatic rings. The Hall–Kier alpha value is -2.50. The fraction of sp³-hybridized carbons (Fsp3) is 0.222. The Labute approximate surface area is 98.7 Å². The molecule has 0 radical (unpaired) electrons. The predicted molar refractivity (Wildman–Crippen MR) is 51.4 cm³/mol. The maximum atomic E-state index is 12.1. The van der Waals surface area contributed by atoms with E-state index in [0.29, 0.717) is 6.20 Å². The number of carbonyl (C=O) groups excluding carboxylic acids is 1. The van der Waals surface area contributed by atoms with Crippen molar-refractivity contribution in [1.29, 1.82) is 5.26 Å². The Morgan fingerprint density at radius 1 is 1.56 bits per heavy atom.